The van der Waals surface area contributed by atoms with Crippen LogP contribution in [0.25, 0.3) is 0 Å². The van der Waals surface area contributed by atoms with Gasteiger partial charge in [-0.3, -0.25) is 4.79 Å². The number of hydrogen-bond acceptors (Lipinski definition) is 1. The van der Waals surface area contributed by atoms with Gasteiger partial charge in [0.05, 0.1) is 0 Å². The van der Waals surface area contributed by atoms with Crippen LogP contribution in [0.3, 0.4) is 0 Å². The van der Waals surface area contributed by atoms with Gasteiger partial charge < -0.3 is 5.32 Å². The van der Waals surface area contributed by atoms with Crippen molar-refractivity contribution in [2.75, 3.05) is 5.32 Å². The summed E-state index contributed by atoms with van der Waals surface area (Å²) in [6.45, 7) is 10.7. The summed E-state index contributed by atoms with van der Waals surface area (Å²) in [6.07, 6.45) is 0. The third-order valence-electron chi connectivity index (χ3n) is 4.93. The Morgan fingerprint density at radius 1 is 1.21 bits per heavy atom. The maximum absolute atomic E-state index is 12.5. The molecule has 0 aliphatic heterocycles. The van der Waals surface area contributed by atoms with E-state index in [9.17, 15) is 4.79 Å². The van der Waals surface area contributed by atoms with Gasteiger partial charge in [-0.15, -0.1) is 0 Å². The van der Waals surface area contributed by atoms with Gasteiger partial charge in [0.25, 0.3) is 0 Å². The molecule has 0 saturated heterocycles. The van der Waals surface area contributed by atoms with E-state index in [1.165, 1.54) is 0 Å². The van der Waals surface area contributed by atoms with E-state index in [2.05, 4.69) is 55.9 Å². The summed E-state index contributed by atoms with van der Waals surface area (Å²) >= 11 is 3.57. The molecular weight excluding hydrogens is 302 g/mol. The van der Waals surface area contributed by atoms with Crippen LogP contribution in [-0.4, -0.2) is 5.91 Å². The summed E-state index contributed by atoms with van der Waals surface area (Å²) in [5, 5.41) is 3.10. The van der Waals surface area contributed by atoms with E-state index in [0.717, 1.165) is 11.3 Å². The number of carbonyl (C=O) groups excluding carboxylic acids is 1. The Hall–Kier alpha value is -0.830. The lowest BCUT2D eigenvalue weighted by atomic mass is 10.0. The lowest BCUT2D eigenvalue weighted by molar-refractivity contribution is -0.118. The van der Waals surface area contributed by atoms with Gasteiger partial charge in [-0.25, -0.2) is 0 Å². The average Bonchev–Trinajstić information content (AvgIpc) is 2.69. The fraction of sp³-hybridized carbons (Fsp3) is 0.562. The SMILES string of the molecule is CC(Br)c1ccccc1NC(=O)C1C(C)(C)C1(C)C. The van der Waals surface area contributed by atoms with Crippen molar-refractivity contribution < 1.29 is 4.79 Å². The second-order valence-corrected chi connectivity index (χ2v) is 7.94. The molecule has 0 aromatic heterocycles. The number of para-hydroxylation sites is 1. The zero-order valence-electron chi connectivity index (χ0n) is 12.3. The topological polar surface area (TPSA) is 29.1 Å². The van der Waals surface area contributed by atoms with Crippen LogP contribution in [0.5, 0.6) is 0 Å². The largest absolute Gasteiger partial charge is 0.326 e. The summed E-state index contributed by atoms with van der Waals surface area (Å²) in [5.74, 6) is 0.217. The van der Waals surface area contributed by atoms with Crippen molar-refractivity contribution in [3.63, 3.8) is 0 Å². The molecule has 104 valence electrons. The highest BCUT2D eigenvalue weighted by atomic mass is 79.9. The molecular formula is C16H22BrNO. The van der Waals surface area contributed by atoms with Crippen LogP contribution < -0.4 is 5.32 Å². The quantitative estimate of drug-likeness (QED) is 0.798. The van der Waals surface area contributed by atoms with E-state index in [1.54, 1.807) is 0 Å². The Morgan fingerprint density at radius 2 is 1.74 bits per heavy atom. The van der Waals surface area contributed by atoms with Crippen LogP contribution in [-0.2, 0) is 4.79 Å². The maximum Gasteiger partial charge on any atom is 0.228 e. The van der Waals surface area contributed by atoms with Crippen molar-refractivity contribution in [3.8, 4) is 0 Å². The number of nitrogens with one attached hydrogen (secondary N) is 1. The first-order valence-corrected chi connectivity index (χ1v) is 7.65. The standard InChI is InChI=1S/C16H22BrNO/c1-10(17)11-8-6-7-9-12(11)18-14(19)13-15(2,3)16(13,4)5/h6-10,13H,1-5H3,(H,18,19). The molecule has 1 N–H and O–H groups in total. The molecule has 1 fully saturated rings. The van der Waals surface area contributed by atoms with Gasteiger partial charge in [0.15, 0.2) is 0 Å². The average molecular weight is 324 g/mol. The smallest absolute Gasteiger partial charge is 0.228 e. The molecule has 1 atom stereocenters. The molecule has 0 heterocycles. The third kappa shape index (κ3) is 2.33. The molecule has 0 bridgehead atoms. The number of amides is 1. The van der Waals surface area contributed by atoms with Crippen LogP contribution in [0.1, 0.15) is 45.0 Å². The lowest BCUT2D eigenvalue weighted by Gasteiger charge is -2.13. The first-order valence-electron chi connectivity index (χ1n) is 6.73. The first-order chi connectivity index (χ1) is 8.69. The minimum absolute atomic E-state index is 0.0754. The molecule has 1 aromatic carbocycles. The maximum atomic E-state index is 12.5. The molecule has 1 amide bonds. The van der Waals surface area contributed by atoms with E-state index in [4.69, 9.17) is 0 Å². The van der Waals surface area contributed by atoms with E-state index in [1.807, 2.05) is 24.3 Å². The minimum Gasteiger partial charge on any atom is -0.326 e. The second kappa shape index (κ2) is 4.62. The zero-order chi connectivity index (χ0) is 14.4. The lowest BCUT2D eigenvalue weighted by Crippen LogP contribution is -2.18. The van der Waals surface area contributed by atoms with E-state index < -0.39 is 0 Å². The summed E-state index contributed by atoms with van der Waals surface area (Å²) in [7, 11) is 0. The Morgan fingerprint density at radius 3 is 2.21 bits per heavy atom. The third-order valence-corrected chi connectivity index (χ3v) is 5.42. The number of halogens is 1. The fourth-order valence-electron chi connectivity index (χ4n) is 3.01. The Balaban J connectivity index is 2.18. The second-order valence-electron chi connectivity index (χ2n) is 6.57. The molecule has 19 heavy (non-hydrogen) atoms. The summed E-state index contributed by atoms with van der Waals surface area (Å²) in [5.41, 5.74) is 2.18. The van der Waals surface area contributed by atoms with Crippen molar-refractivity contribution in [1.82, 2.24) is 0 Å². The van der Waals surface area contributed by atoms with Gasteiger partial charge in [-0.05, 0) is 29.4 Å². The van der Waals surface area contributed by atoms with Gasteiger partial charge >= 0.3 is 0 Å². The van der Waals surface area contributed by atoms with Gasteiger partial charge in [0.2, 0.25) is 5.91 Å². The van der Waals surface area contributed by atoms with Crippen LogP contribution >= 0.6 is 15.9 Å². The fourth-order valence-corrected chi connectivity index (χ4v) is 3.41. The predicted octanol–water partition coefficient (Wildman–Crippen LogP) is 4.76. The highest BCUT2D eigenvalue weighted by Gasteiger charge is 2.68. The van der Waals surface area contributed by atoms with Crippen molar-refractivity contribution in [2.24, 2.45) is 16.7 Å². The highest BCUT2D eigenvalue weighted by Crippen LogP contribution is 2.68. The van der Waals surface area contributed by atoms with Gasteiger partial charge in [0, 0.05) is 16.4 Å². The van der Waals surface area contributed by atoms with Crippen molar-refractivity contribution in [2.45, 2.75) is 39.4 Å². The predicted molar refractivity (Wildman–Crippen MR) is 83.5 cm³/mol. The molecule has 3 heteroatoms. The molecule has 0 spiro atoms. The van der Waals surface area contributed by atoms with Crippen LogP contribution in [0, 0.1) is 16.7 Å². The molecule has 1 aromatic rings. The summed E-state index contributed by atoms with van der Waals surface area (Å²) in [6, 6.07) is 7.96. The number of alkyl halides is 1. The van der Waals surface area contributed by atoms with E-state index in [-0.39, 0.29) is 27.5 Å². The molecule has 2 rings (SSSR count). The summed E-state index contributed by atoms with van der Waals surface area (Å²) < 4.78 is 0. The van der Waals surface area contributed by atoms with Crippen molar-refractivity contribution >= 4 is 27.5 Å². The molecule has 2 nitrogen and oxygen atoms in total. The normalized spacial score (nSPS) is 21.8. The van der Waals surface area contributed by atoms with E-state index >= 15 is 0 Å². The molecule has 1 saturated carbocycles. The van der Waals surface area contributed by atoms with Gasteiger partial charge in [0.1, 0.15) is 0 Å². The first kappa shape index (κ1) is 14.6. The molecule has 1 aliphatic rings. The Bertz CT molecular complexity index is 491. The molecule has 0 radical (unpaired) electrons. The number of benzene rings is 1. The Labute approximate surface area is 124 Å². The number of rotatable bonds is 3. The molecule has 1 unspecified atom stereocenters. The van der Waals surface area contributed by atoms with Gasteiger partial charge in [-0.1, -0.05) is 61.8 Å². The van der Waals surface area contributed by atoms with Crippen LogP contribution in [0.2, 0.25) is 0 Å². The number of carbonyl (C=O) groups is 1. The Kier molecular flexibility index (Phi) is 3.54. The zero-order valence-corrected chi connectivity index (χ0v) is 13.8. The van der Waals surface area contributed by atoms with E-state index in [0.29, 0.717) is 0 Å². The minimum atomic E-state index is 0.0754. The van der Waals surface area contributed by atoms with Crippen LogP contribution in [0.4, 0.5) is 5.69 Å². The number of anilines is 1. The van der Waals surface area contributed by atoms with Gasteiger partial charge in [-0.2, -0.15) is 0 Å². The molecule has 1 aliphatic carbocycles. The van der Waals surface area contributed by atoms with Crippen molar-refractivity contribution in [1.29, 1.82) is 0 Å². The monoisotopic (exact) mass is 323 g/mol. The number of hydrogen-bond donors (Lipinski definition) is 1. The highest BCUT2D eigenvalue weighted by molar-refractivity contribution is 9.09. The van der Waals surface area contributed by atoms with Crippen molar-refractivity contribution in [3.05, 3.63) is 29.8 Å². The van der Waals surface area contributed by atoms with Crippen LogP contribution in [0.15, 0.2) is 24.3 Å². The summed E-state index contributed by atoms with van der Waals surface area (Å²) in [4.78, 5) is 12.7.